The Morgan fingerprint density at radius 3 is 2.29 bits per heavy atom. The van der Waals surface area contributed by atoms with Crippen molar-refractivity contribution < 1.29 is 9.59 Å². The molecule has 5 heteroatoms. The molecule has 1 atom stereocenters. The van der Waals surface area contributed by atoms with Crippen LogP contribution in [0.1, 0.15) is 27.7 Å². The smallest absolute Gasteiger partial charge is 0.249 e. The standard InChI is InChI=1S/C16H21BrN2O2/c1-11-14(20)19(13-7-5-12(17)6-8-13)10-9-18(11)15(21)16(2,3)4/h5-8,11H,9-10H2,1-4H3/t11-/m1/s1. The Morgan fingerprint density at radius 1 is 1.19 bits per heavy atom. The number of amides is 2. The second kappa shape index (κ2) is 5.79. The van der Waals surface area contributed by atoms with E-state index < -0.39 is 11.5 Å². The summed E-state index contributed by atoms with van der Waals surface area (Å²) in [4.78, 5) is 28.4. The summed E-state index contributed by atoms with van der Waals surface area (Å²) in [5.74, 6) is -0.0000198. The molecule has 0 N–H and O–H groups in total. The van der Waals surface area contributed by atoms with E-state index in [2.05, 4.69) is 15.9 Å². The van der Waals surface area contributed by atoms with Gasteiger partial charge in [0, 0.05) is 28.7 Å². The van der Waals surface area contributed by atoms with Crippen LogP contribution >= 0.6 is 15.9 Å². The number of carbonyl (C=O) groups is 2. The Bertz CT molecular complexity index is 548. The van der Waals surface area contributed by atoms with Crippen molar-refractivity contribution in [3.63, 3.8) is 0 Å². The molecule has 1 aliphatic rings. The molecule has 114 valence electrons. The Kier molecular flexibility index (Phi) is 4.42. The van der Waals surface area contributed by atoms with Gasteiger partial charge < -0.3 is 9.80 Å². The molecule has 1 aromatic carbocycles. The summed E-state index contributed by atoms with van der Waals surface area (Å²) in [6.45, 7) is 8.55. The Morgan fingerprint density at radius 2 is 1.76 bits per heavy atom. The van der Waals surface area contributed by atoms with Crippen molar-refractivity contribution in [2.45, 2.75) is 33.7 Å². The van der Waals surface area contributed by atoms with Crippen LogP contribution in [0.25, 0.3) is 0 Å². The van der Waals surface area contributed by atoms with Crippen LogP contribution < -0.4 is 4.90 Å². The molecule has 0 aliphatic carbocycles. The third kappa shape index (κ3) is 3.28. The van der Waals surface area contributed by atoms with E-state index in [1.807, 2.05) is 45.0 Å². The number of piperazine rings is 1. The van der Waals surface area contributed by atoms with Gasteiger partial charge in [-0.15, -0.1) is 0 Å². The summed E-state index contributed by atoms with van der Waals surface area (Å²) >= 11 is 3.39. The lowest BCUT2D eigenvalue weighted by Crippen LogP contribution is -2.59. The highest BCUT2D eigenvalue weighted by Gasteiger charge is 2.38. The van der Waals surface area contributed by atoms with Crippen molar-refractivity contribution in [3.05, 3.63) is 28.7 Å². The largest absolute Gasteiger partial charge is 0.329 e. The molecule has 1 heterocycles. The maximum absolute atomic E-state index is 12.6. The van der Waals surface area contributed by atoms with Crippen LogP contribution in [-0.4, -0.2) is 35.8 Å². The molecule has 0 saturated carbocycles. The van der Waals surface area contributed by atoms with E-state index in [9.17, 15) is 9.59 Å². The van der Waals surface area contributed by atoms with Gasteiger partial charge >= 0.3 is 0 Å². The first-order chi connectivity index (χ1) is 9.71. The zero-order chi connectivity index (χ0) is 15.8. The maximum atomic E-state index is 12.6. The lowest BCUT2D eigenvalue weighted by molar-refractivity contribution is -0.147. The lowest BCUT2D eigenvalue weighted by atomic mass is 9.93. The maximum Gasteiger partial charge on any atom is 0.249 e. The minimum absolute atomic E-state index is 0.0267. The zero-order valence-corrected chi connectivity index (χ0v) is 14.5. The molecule has 21 heavy (non-hydrogen) atoms. The van der Waals surface area contributed by atoms with Crippen molar-refractivity contribution in [1.29, 1.82) is 0 Å². The molecule has 4 nitrogen and oxygen atoms in total. The highest BCUT2D eigenvalue weighted by Crippen LogP contribution is 2.25. The van der Waals surface area contributed by atoms with E-state index in [0.29, 0.717) is 13.1 Å². The van der Waals surface area contributed by atoms with Crippen LogP contribution in [0, 0.1) is 5.41 Å². The summed E-state index contributed by atoms with van der Waals surface area (Å²) < 4.78 is 0.980. The predicted octanol–water partition coefficient (Wildman–Crippen LogP) is 3.06. The van der Waals surface area contributed by atoms with Crippen molar-refractivity contribution >= 4 is 33.4 Å². The van der Waals surface area contributed by atoms with Gasteiger partial charge in [0.25, 0.3) is 0 Å². The second-order valence-electron chi connectivity index (χ2n) is 6.39. The quantitative estimate of drug-likeness (QED) is 0.779. The molecule has 0 bridgehead atoms. The van der Waals surface area contributed by atoms with Crippen LogP contribution in [0.15, 0.2) is 28.7 Å². The van der Waals surface area contributed by atoms with E-state index in [-0.39, 0.29) is 11.8 Å². The van der Waals surface area contributed by atoms with Crippen molar-refractivity contribution in [3.8, 4) is 0 Å². The van der Waals surface area contributed by atoms with Gasteiger partial charge in [0.15, 0.2) is 0 Å². The number of halogens is 1. The highest BCUT2D eigenvalue weighted by molar-refractivity contribution is 9.10. The molecule has 1 fully saturated rings. The third-order valence-electron chi connectivity index (χ3n) is 3.70. The minimum atomic E-state index is -0.464. The van der Waals surface area contributed by atoms with Gasteiger partial charge in [-0.2, -0.15) is 0 Å². The molecule has 0 radical (unpaired) electrons. The number of anilines is 1. The average molecular weight is 353 g/mol. The van der Waals surface area contributed by atoms with Crippen molar-refractivity contribution in [2.75, 3.05) is 18.0 Å². The van der Waals surface area contributed by atoms with Gasteiger partial charge in [-0.1, -0.05) is 36.7 Å². The van der Waals surface area contributed by atoms with Crippen LogP contribution in [0.4, 0.5) is 5.69 Å². The van der Waals surface area contributed by atoms with Crippen molar-refractivity contribution in [1.82, 2.24) is 4.90 Å². The summed E-state index contributed by atoms with van der Waals surface area (Å²) in [7, 11) is 0. The molecular weight excluding hydrogens is 332 g/mol. The average Bonchev–Trinajstić information content (AvgIpc) is 2.41. The van der Waals surface area contributed by atoms with E-state index >= 15 is 0 Å². The minimum Gasteiger partial charge on any atom is -0.329 e. The fraction of sp³-hybridized carbons (Fsp3) is 0.500. The Labute approximate surface area is 134 Å². The van der Waals surface area contributed by atoms with Gasteiger partial charge in [-0.25, -0.2) is 0 Å². The SMILES string of the molecule is C[C@@H]1C(=O)N(c2ccc(Br)cc2)CCN1C(=O)C(C)(C)C. The fourth-order valence-electron chi connectivity index (χ4n) is 2.46. The van der Waals surface area contributed by atoms with Gasteiger partial charge in [0.1, 0.15) is 6.04 Å². The topological polar surface area (TPSA) is 40.6 Å². The Balaban J connectivity index is 2.18. The van der Waals surface area contributed by atoms with E-state index in [1.165, 1.54) is 0 Å². The lowest BCUT2D eigenvalue weighted by Gasteiger charge is -2.41. The second-order valence-corrected chi connectivity index (χ2v) is 7.31. The monoisotopic (exact) mass is 352 g/mol. The molecule has 0 aromatic heterocycles. The number of benzene rings is 1. The first kappa shape index (κ1) is 16.0. The molecule has 0 unspecified atom stereocenters. The van der Waals surface area contributed by atoms with Gasteiger partial charge in [0.05, 0.1) is 0 Å². The summed E-state index contributed by atoms with van der Waals surface area (Å²) in [5.41, 5.74) is 0.409. The fourth-order valence-corrected chi connectivity index (χ4v) is 2.72. The molecule has 1 saturated heterocycles. The predicted molar refractivity (Wildman–Crippen MR) is 87.1 cm³/mol. The number of hydrogen-bond donors (Lipinski definition) is 0. The summed E-state index contributed by atoms with van der Waals surface area (Å²) in [5, 5.41) is 0. The van der Waals surface area contributed by atoms with Crippen LogP contribution in [0.3, 0.4) is 0 Å². The normalized spacial score (nSPS) is 19.9. The molecule has 2 rings (SSSR count). The van der Waals surface area contributed by atoms with Gasteiger partial charge in [-0.05, 0) is 31.2 Å². The zero-order valence-electron chi connectivity index (χ0n) is 12.9. The highest BCUT2D eigenvalue weighted by atomic mass is 79.9. The van der Waals surface area contributed by atoms with E-state index in [1.54, 1.807) is 16.7 Å². The van der Waals surface area contributed by atoms with Crippen LogP contribution in [0.2, 0.25) is 0 Å². The first-order valence-electron chi connectivity index (χ1n) is 7.10. The molecule has 1 aliphatic heterocycles. The first-order valence-corrected chi connectivity index (χ1v) is 7.89. The summed E-state index contributed by atoms with van der Waals surface area (Å²) in [6.07, 6.45) is 0. The molecule has 0 spiro atoms. The molecule has 2 amide bonds. The van der Waals surface area contributed by atoms with E-state index in [0.717, 1.165) is 10.2 Å². The van der Waals surface area contributed by atoms with Crippen molar-refractivity contribution in [2.24, 2.45) is 5.41 Å². The molecule has 1 aromatic rings. The van der Waals surface area contributed by atoms with Gasteiger partial charge in [-0.3, -0.25) is 9.59 Å². The number of rotatable bonds is 1. The third-order valence-corrected chi connectivity index (χ3v) is 4.22. The summed E-state index contributed by atoms with van der Waals surface area (Å²) in [6, 6.07) is 7.24. The van der Waals surface area contributed by atoms with E-state index in [4.69, 9.17) is 0 Å². The Hall–Kier alpha value is -1.36. The number of hydrogen-bond acceptors (Lipinski definition) is 2. The van der Waals surface area contributed by atoms with Crippen LogP contribution in [-0.2, 0) is 9.59 Å². The number of carbonyl (C=O) groups excluding carboxylic acids is 2. The number of nitrogens with zero attached hydrogens (tertiary/aromatic N) is 2. The molecular formula is C16H21BrN2O2. The van der Waals surface area contributed by atoms with Crippen LogP contribution in [0.5, 0.6) is 0 Å². The van der Waals surface area contributed by atoms with Gasteiger partial charge in [0.2, 0.25) is 11.8 Å².